The van der Waals surface area contributed by atoms with Crippen molar-refractivity contribution in [2.24, 2.45) is 0 Å². The van der Waals surface area contributed by atoms with E-state index in [2.05, 4.69) is 22.0 Å². The molecule has 0 aromatic rings. The summed E-state index contributed by atoms with van der Waals surface area (Å²) in [6, 6.07) is 0. The quantitative estimate of drug-likeness (QED) is 0.469. The summed E-state index contributed by atoms with van der Waals surface area (Å²) in [7, 11) is 0. The minimum absolute atomic E-state index is 0.720. The Morgan fingerprint density at radius 2 is 1.71 bits per heavy atom. The van der Waals surface area contributed by atoms with E-state index < -0.39 is 0 Å². The van der Waals surface area contributed by atoms with Crippen molar-refractivity contribution in [3.63, 3.8) is 0 Å². The van der Waals surface area contributed by atoms with Gasteiger partial charge in [-0.1, -0.05) is 6.92 Å². The summed E-state index contributed by atoms with van der Waals surface area (Å²) in [5.41, 5.74) is 0. The van der Waals surface area contributed by atoms with E-state index in [9.17, 15) is 4.79 Å². The molecule has 0 aliphatic carbocycles. The molecule has 0 atom stereocenters. The van der Waals surface area contributed by atoms with E-state index in [-0.39, 0.29) is 0 Å². The lowest BCUT2D eigenvalue weighted by atomic mass is 10.3. The van der Waals surface area contributed by atoms with E-state index >= 15 is 0 Å². The third-order valence-electron chi connectivity index (χ3n) is 2.63. The maximum absolute atomic E-state index is 9.92. The van der Waals surface area contributed by atoms with Crippen molar-refractivity contribution in [1.29, 1.82) is 0 Å². The summed E-state index contributed by atoms with van der Waals surface area (Å²) in [5.74, 6) is 0. The highest BCUT2D eigenvalue weighted by Gasteiger charge is 2.14. The highest BCUT2D eigenvalue weighted by Crippen LogP contribution is 2.01. The van der Waals surface area contributed by atoms with Gasteiger partial charge in [0, 0.05) is 39.3 Å². The Labute approximate surface area is 86.2 Å². The Bertz CT molecular complexity index is 155. The summed E-state index contributed by atoms with van der Waals surface area (Å²) in [5, 5.41) is 2.57. The molecule has 1 rings (SSSR count). The number of piperazine rings is 1. The van der Waals surface area contributed by atoms with Crippen LogP contribution in [0, 0.1) is 0 Å². The average molecular weight is 198 g/mol. The van der Waals surface area contributed by atoms with Crippen LogP contribution in [-0.2, 0) is 4.79 Å². The Kier molecular flexibility index (Phi) is 5.56. The van der Waals surface area contributed by atoms with Gasteiger partial charge < -0.3 is 10.2 Å². The van der Waals surface area contributed by atoms with Gasteiger partial charge in [-0.05, 0) is 13.0 Å². The lowest BCUT2D eigenvalue weighted by Gasteiger charge is -2.34. The van der Waals surface area contributed by atoms with Crippen molar-refractivity contribution < 1.29 is 4.79 Å². The van der Waals surface area contributed by atoms with Crippen LogP contribution in [0.1, 0.15) is 13.3 Å². The van der Waals surface area contributed by atoms with Crippen LogP contribution in [-0.4, -0.2) is 62.0 Å². The Balaban J connectivity index is 2.06. The van der Waals surface area contributed by atoms with Gasteiger partial charge in [0.15, 0.2) is 0 Å². The smallest absolute Gasteiger partial charge is 0.309 e. The molecule has 14 heavy (non-hydrogen) atoms. The summed E-state index contributed by atoms with van der Waals surface area (Å²) >= 11 is 0. The largest absolute Gasteiger partial charge is 0.347 e. The molecule has 4 nitrogen and oxygen atoms in total. The first-order chi connectivity index (χ1) is 6.86. The van der Waals surface area contributed by atoms with Crippen LogP contribution in [0.2, 0.25) is 0 Å². The molecule has 0 saturated carbocycles. The van der Waals surface area contributed by atoms with Gasteiger partial charge in [0.25, 0.3) is 0 Å². The predicted molar refractivity (Wildman–Crippen MR) is 56.9 cm³/mol. The van der Waals surface area contributed by atoms with Crippen molar-refractivity contribution in [3.05, 3.63) is 0 Å². The molecular formula is C10H20N3O. The molecule has 0 unspecified atom stereocenters. The van der Waals surface area contributed by atoms with Crippen molar-refractivity contribution >= 4 is 6.41 Å². The second-order valence-electron chi connectivity index (χ2n) is 3.71. The van der Waals surface area contributed by atoms with Crippen molar-refractivity contribution in [3.8, 4) is 0 Å². The van der Waals surface area contributed by atoms with Gasteiger partial charge in [0.05, 0.1) is 0 Å². The topological polar surface area (TPSA) is 35.6 Å². The molecule has 1 radical (unpaired) electrons. The first kappa shape index (κ1) is 11.5. The molecule has 0 aromatic carbocycles. The Hall–Kier alpha value is -0.610. The zero-order valence-electron chi connectivity index (χ0n) is 8.96. The van der Waals surface area contributed by atoms with E-state index in [1.54, 1.807) is 6.41 Å². The van der Waals surface area contributed by atoms with Gasteiger partial charge in [-0.3, -0.25) is 9.69 Å². The SMILES string of the molecule is CCCN1CCN(CCN[C]=O)CC1. The van der Waals surface area contributed by atoms with Crippen LogP contribution in [0.15, 0.2) is 0 Å². The maximum atomic E-state index is 9.92. The van der Waals surface area contributed by atoms with Crippen LogP contribution in [0.5, 0.6) is 0 Å². The molecule has 81 valence electrons. The molecule has 1 amide bonds. The fourth-order valence-corrected chi connectivity index (χ4v) is 1.82. The van der Waals surface area contributed by atoms with Gasteiger partial charge in [-0.25, -0.2) is 0 Å². The van der Waals surface area contributed by atoms with E-state index in [1.807, 2.05) is 0 Å². The molecule has 1 fully saturated rings. The average Bonchev–Trinajstić information content (AvgIpc) is 2.21. The highest BCUT2D eigenvalue weighted by atomic mass is 16.1. The molecular weight excluding hydrogens is 178 g/mol. The summed E-state index contributed by atoms with van der Waals surface area (Å²) in [6.07, 6.45) is 2.94. The van der Waals surface area contributed by atoms with E-state index in [1.165, 1.54) is 26.1 Å². The van der Waals surface area contributed by atoms with Crippen molar-refractivity contribution in [1.82, 2.24) is 15.1 Å². The monoisotopic (exact) mass is 198 g/mol. The molecule has 0 bridgehead atoms. The normalized spacial score (nSPS) is 19.5. The van der Waals surface area contributed by atoms with Gasteiger partial charge in [-0.2, -0.15) is 0 Å². The van der Waals surface area contributed by atoms with Gasteiger partial charge >= 0.3 is 6.41 Å². The number of amides is 1. The van der Waals surface area contributed by atoms with Crippen LogP contribution >= 0.6 is 0 Å². The lowest BCUT2D eigenvalue weighted by molar-refractivity contribution is 0.134. The molecule has 1 aliphatic heterocycles. The second-order valence-corrected chi connectivity index (χ2v) is 3.71. The molecule has 1 aliphatic rings. The first-order valence-electron chi connectivity index (χ1n) is 5.41. The zero-order valence-corrected chi connectivity index (χ0v) is 8.96. The van der Waals surface area contributed by atoms with Gasteiger partial charge in [0.1, 0.15) is 0 Å². The maximum Gasteiger partial charge on any atom is 0.309 e. The summed E-state index contributed by atoms with van der Waals surface area (Å²) < 4.78 is 0. The number of carbonyl (C=O) groups excluding carboxylic acids is 1. The third kappa shape index (κ3) is 4.07. The van der Waals surface area contributed by atoms with Crippen LogP contribution < -0.4 is 5.32 Å². The predicted octanol–water partition coefficient (Wildman–Crippen LogP) is -0.329. The lowest BCUT2D eigenvalue weighted by Crippen LogP contribution is -2.48. The Morgan fingerprint density at radius 1 is 1.14 bits per heavy atom. The third-order valence-corrected chi connectivity index (χ3v) is 2.63. The van der Waals surface area contributed by atoms with Crippen LogP contribution in [0.3, 0.4) is 0 Å². The summed E-state index contributed by atoms with van der Waals surface area (Å²) in [6.45, 7) is 9.69. The van der Waals surface area contributed by atoms with Crippen molar-refractivity contribution in [2.75, 3.05) is 45.8 Å². The number of nitrogens with zero attached hydrogens (tertiary/aromatic N) is 2. The molecule has 4 heteroatoms. The van der Waals surface area contributed by atoms with Crippen LogP contribution in [0.25, 0.3) is 0 Å². The fraction of sp³-hybridized carbons (Fsp3) is 0.900. The molecule has 1 heterocycles. The Morgan fingerprint density at radius 3 is 2.21 bits per heavy atom. The number of hydrogen-bond acceptors (Lipinski definition) is 3. The molecule has 0 spiro atoms. The van der Waals surface area contributed by atoms with Gasteiger partial charge in [0.2, 0.25) is 0 Å². The minimum Gasteiger partial charge on any atom is -0.347 e. The van der Waals surface area contributed by atoms with E-state index in [0.29, 0.717) is 0 Å². The fourth-order valence-electron chi connectivity index (χ4n) is 1.82. The number of hydrogen-bond donors (Lipinski definition) is 1. The van der Waals surface area contributed by atoms with Crippen LogP contribution in [0.4, 0.5) is 0 Å². The standard InChI is InChI=1S/C10H20N3O/c1-2-4-12-6-8-13(9-7-12)5-3-11-10-14/h2-9H2,1H3,(H,11,14). The highest BCUT2D eigenvalue weighted by molar-refractivity contribution is 5.46. The number of nitrogens with one attached hydrogen (secondary N) is 1. The molecule has 1 saturated heterocycles. The van der Waals surface area contributed by atoms with E-state index in [0.717, 1.165) is 26.2 Å². The van der Waals surface area contributed by atoms with Crippen molar-refractivity contribution in [2.45, 2.75) is 13.3 Å². The summed E-state index contributed by atoms with van der Waals surface area (Å²) in [4.78, 5) is 14.8. The van der Waals surface area contributed by atoms with E-state index in [4.69, 9.17) is 0 Å². The van der Waals surface area contributed by atoms with Gasteiger partial charge in [-0.15, -0.1) is 0 Å². The molecule has 1 N–H and O–H groups in total. The second kappa shape index (κ2) is 6.79. The zero-order chi connectivity index (χ0) is 10.2. The number of rotatable bonds is 6. The molecule has 0 aromatic heterocycles. The minimum atomic E-state index is 0.720. The first-order valence-corrected chi connectivity index (χ1v) is 5.41.